The van der Waals surface area contributed by atoms with Gasteiger partial charge in [-0.2, -0.15) is 0 Å². The fourth-order valence-corrected chi connectivity index (χ4v) is 4.42. The van der Waals surface area contributed by atoms with Crippen LogP contribution in [-0.2, 0) is 11.2 Å². The summed E-state index contributed by atoms with van der Waals surface area (Å²) < 4.78 is 16.2. The number of rotatable bonds is 6. The van der Waals surface area contributed by atoms with Crippen molar-refractivity contribution in [1.29, 1.82) is 0 Å². The topological polar surface area (TPSA) is 57.1 Å². The second kappa shape index (κ2) is 8.71. The first-order valence-electron chi connectivity index (χ1n) is 9.83. The maximum atomic E-state index is 12.8. The largest absolute Gasteiger partial charge is 0.462 e. The molecule has 2 heterocycles. The van der Waals surface area contributed by atoms with E-state index in [0.717, 1.165) is 38.6 Å². The Kier molecular flexibility index (Phi) is 5.86. The van der Waals surface area contributed by atoms with Gasteiger partial charge in [0.05, 0.1) is 6.61 Å². The van der Waals surface area contributed by atoms with Crippen molar-refractivity contribution < 1.29 is 19.0 Å². The lowest BCUT2D eigenvalue weighted by molar-refractivity contribution is 0.0527. The molecule has 0 spiro atoms. The Balaban J connectivity index is 1.70. The Morgan fingerprint density at radius 3 is 2.80 bits per heavy atom. The molecule has 2 aromatic carbocycles. The summed E-state index contributed by atoms with van der Waals surface area (Å²) in [5.74, 6) is 1.14. The first kappa shape index (κ1) is 20.2. The predicted molar refractivity (Wildman–Crippen MR) is 119 cm³/mol. The van der Waals surface area contributed by atoms with Crippen LogP contribution in [0.2, 0.25) is 0 Å². The monoisotopic (exact) mass is 421 g/mol. The van der Waals surface area contributed by atoms with E-state index in [2.05, 4.69) is 11.1 Å². The van der Waals surface area contributed by atoms with E-state index in [4.69, 9.17) is 14.2 Å². The Morgan fingerprint density at radius 1 is 1.17 bits per heavy atom. The van der Waals surface area contributed by atoms with E-state index in [1.807, 2.05) is 57.2 Å². The van der Waals surface area contributed by atoms with Crippen LogP contribution >= 0.6 is 11.3 Å². The van der Waals surface area contributed by atoms with Gasteiger partial charge in [-0.3, -0.25) is 0 Å². The summed E-state index contributed by atoms with van der Waals surface area (Å²) in [6.45, 7) is 6.42. The third-order valence-electron chi connectivity index (χ3n) is 4.86. The van der Waals surface area contributed by atoms with Crippen molar-refractivity contribution in [2.24, 2.45) is 4.99 Å². The van der Waals surface area contributed by atoms with Crippen LogP contribution in [-0.4, -0.2) is 25.6 Å². The van der Waals surface area contributed by atoms with E-state index in [1.54, 1.807) is 6.21 Å². The molecule has 0 atom stereocenters. The Labute approximate surface area is 179 Å². The first-order chi connectivity index (χ1) is 14.5. The van der Waals surface area contributed by atoms with Gasteiger partial charge in [-0.1, -0.05) is 35.9 Å². The molecule has 0 N–H and O–H groups in total. The van der Waals surface area contributed by atoms with Gasteiger partial charge in [0.2, 0.25) is 6.79 Å². The molecule has 0 aliphatic carbocycles. The second-order valence-corrected chi connectivity index (χ2v) is 8.28. The highest BCUT2D eigenvalue weighted by atomic mass is 32.1. The fraction of sp³-hybridized carbons (Fsp3) is 0.250. The smallest absolute Gasteiger partial charge is 0.341 e. The van der Waals surface area contributed by atoms with Gasteiger partial charge < -0.3 is 14.2 Å². The number of thiophene rings is 1. The van der Waals surface area contributed by atoms with Gasteiger partial charge in [-0.05, 0) is 56.0 Å². The van der Waals surface area contributed by atoms with Crippen molar-refractivity contribution in [2.45, 2.75) is 27.2 Å². The molecule has 0 saturated carbocycles. The number of ether oxygens (including phenoxy) is 3. The normalized spacial score (nSPS) is 12.5. The van der Waals surface area contributed by atoms with Crippen molar-refractivity contribution in [1.82, 2.24) is 0 Å². The Bertz CT molecular complexity index is 1120. The summed E-state index contributed by atoms with van der Waals surface area (Å²) in [6.07, 6.45) is 2.39. The predicted octanol–water partition coefficient (Wildman–Crippen LogP) is 5.61. The van der Waals surface area contributed by atoms with Crippen LogP contribution in [0.15, 0.2) is 47.5 Å². The number of nitrogens with zero attached hydrogens (tertiary/aromatic N) is 1. The lowest BCUT2D eigenvalue weighted by atomic mass is 10.0. The number of aliphatic imine (C=N–C) groups is 1. The van der Waals surface area contributed by atoms with Crippen molar-refractivity contribution in [2.75, 3.05) is 13.4 Å². The summed E-state index contributed by atoms with van der Waals surface area (Å²) in [5.41, 5.74) is 4.68. The summed E-state index contributed by atoms with van der Waals surface area (Å²) in [5, 5.41) is 0.670. The Hall–Kier alpha value is -3.12. The van der Waals surface area contributed by atoms with E-state index in [-0.39, 0.29) is 12.8 Å². The zero-order valence-corrected chi connectivity index (χ0v) is 18.0. The summed E-state index contributed by atoms with van der Waals surface area (Å²) in [4.78, 5) is 18.5. The van der Waals surface area contributed by atoms with Gasteiger partial charge in [-0.25, -0.2) is 9.79 Å². The lowest BCUT2D eigenvalue weighted by Crippen LogP contribution is -2.07. The van der Waals surface area contributed by atoms with Crippen LogP contribution in [0.4, 0.5) is 5.00 Å². The molecule has 0 saturated heterocycles. The van der Waals surface area contributed by atoms with Gasteiger partial charge in [0.1, 0.15) is 10.6 Å². The van der Waals surface area contributed by atoms with Crippen LogP contribution < -0.4 is 9.47 Å². The molecule has 1 aromatic heterocycles. The third-order valence-corrected chi connectivity index (χ3v) is 5.92. The minimum absolute atomic E-state index is 0.238. The number of aryl methyl sites for hydroxylation is 2. The quantitative estimate of drug-likeness (QED) is 0.383. The summed E-state index contributed by atoms with van der Waals surface area (Å²) in [6, 6.07) is 13.9. The Morgan fingerprint density at radius 2 is 2.00 bits per heavy atom. The molecule has 4 rings (SSSR count). The average molecular weight is 422 g/mol. The van der Waals surface area contributed by atoms with Crippen LogP contribution in [0.25, 0.3) is 0 Å². The molecule has 0 bridgehead atoms. The van der Waals surface area contributed by atoms with E-state index in [9.17, 15) is 4.79 Å². The van der Waals surface area contributed by atoms with E-state index in [1.165, 1.54) is 11.3 Å². The molecule has 3 aromatic rings. The molecular weight excluding hydrogens is 398 g/mol. The van der Waals surface area contributed by atoms with Gasteiger partial charge in [-0.15, -0.1) is 11.3 Å². The number of hydrogen-bond acceptors (Lipinski definition) is 6. The molecule has 0 radical (unpaired) electrons. The number of fused-ring (bicyclic) bond motifs is 1. The summed E-state index contributed by atoms with van der Waals surface area (Å²) in [7, 11) is 0. The minimum atomic E-state index is -0.339. The van der Waals surface area contributed by atoms with Gasteiger partial charge in [0.25, 0.3) is 0 Å². The number of esters is 1. The first-order valence-corrected chi connectivity index (χ1v) is 10.7. The molecule has 1 aliphatic heterocycles. The molecule has 0 unspecified atom stereocenters. The van der Waals surface area contributed by atoms with Crippen LogP contribution in [0, 0.1) is 13.8 Å². The molecule has 5 nitrogen and oxygen atoms in total. The van der Waals surface area contributed by atoms with Crippen LogP contribution in [0.1, 0.15) is 44.4 Å². The second-order valence-electron chi connectivity index (χ2n) is 7.07. The maximum absolute atomic E-state index is 12.8. The maximum Gasteiger partial charge on any atom is 0.341 e. The molecular formula is C24H23NO4S. The molecule has 0 fully saturated rings. The molecule has 1 aliphatic rings. The number of hydrogen-bond donors (Lipinski definition) is 0. The van der Waals surface area contributed by atoms with Crippen LogP contribution in [0.5, 0.6) is 11.5 Å². The van der Waals surface area contributed by atoms with Gasteiger partial charge >= 0.3 is 5.97 Å². The van der Waals surface area contributed by atoms with Crippen LogP contribution in [0.3, 0.4) is 0 Å². The van der Waals surface area contributed by atoms with Gasteiger partial charge in [0.15, 0.2) is 11.5 Å². The molecule has 154 valence electrons. The van der Waals surface area contributed by atoms with Gasteiger partial charge in [0, 0.05) is 11.1 Å². The zero-order chi connectivity index (χ0) is 21.1. The van der Waals surface area contributed by atoms with E-state index >= 15 is 0 Å². The lowest BCUT2D eigenvalue weighted by Gasteiger charge is -2.08. The average Bonchev–Trinajstić information content (AvgIpc) is 3.31. The van der Waals surface area contributed by atoms with E-state index < -0.39 is 0 Å². The highest BCUT2D eigenvalue weighted by molar-refractivity contribution is 7.16. The molecule has 0 amide bonds. The van der Waals surface area contributed by atoms with Crippen molar-refractivity contribution in [3.8, 4) is 11.5 Å². The van der Waals surface area contributed by atoms with Crippen molar-refractivity contribution >= 4 is 28.5 Å². The minimum Gasteiger partial charge on any atom is -0.462 e. The third kappa shape index (κ3) is 4.24. The molecule has 30 heavy (non-hydrogen) atoms. The fourth-order valence-electron chi connectivity index (χ4n) is 3.42. The van der Waals surface area contributed by atoms with E-state index in [0.29, 0.717) is 23.6 Å². The highest BCUT2D eigenvalue weighted by Crippen LogP contribution is 2.39. The van der Waals surface area contributed by atoms with Crippen molar-refractivity contribution in [3.05, 3.63) is 75.2 Å². The SMILES string of the molecule is CCOC(=O)c1c(N=Cc2cccc(C)c2)sc(C)c1Cc1ccc2c(c1)OCO2. The number of carbonyl (C=O) groups excluding carboxylic acids is 1. The number of benzene rings is 2. The van der Waals surface area contributed by atoms with Crippen molar-refractivity contribution in [3.63, 3.8) is 0 Å². The summed E-state index contributed by atoms with van der Waals surface area (Å²) >= 11 is 1.51. The standard InChI is InChI=1S/C24H23NO4S/c1-4-27-24(26)22-19(11-17-8-9-20-21(12-17)29-14-28-20)16(3)30-23(22)25-13-18-7-5-6-15(2)10-18/h5-10,12-13H,4,11,14H2,1-3H3. The molecule has 6 heteroatoms. The number of carbonyl (C=O) groups is 1. The zero-order valence-electron chi connectivity index (χ0n) is 17.2. The highest BCUT2D eigenvalue weighted by Gasteiger charge is 2.24.